The first-order valence-corrected chi connectivity index (χ1v) is 7.00. The van der Waals surface area contributed by atoms with Crippen molar-refractivity contribution >= 4 is 5.97 Å². The second-order valence-corrected chi connectivity index (χ2v) is 6.15. The highest BCUT2D eigenvalue weighted by Gasteiger charge is 2.19. The molecular weight excluding hydrogens is 238 g/mol. The van der Waals surface area contributed by atoms with E-state index in [1.54, 1.807) is 0 Å². The van der Waals surface area contributed by atoms with Crippen LogP contribution in [-0.4, -0.2) is 24.7 Å². The lowest BCUT2D eigenvalue weighted by atomic mass is 9.90. The fourth-order valence-corrected chi connectivity index (χ4v) is 2.38. The van der Waals surface area contributed by atoms with E-state index in [-0.39, 0.29) is 5.97 Å². The molecule has 0 saturated carbocycles. The number of hydrogen-bond donors (Lipinski definition) is 1. The molecule has 0 radical (unpaired) electrons. The molecule has 1 aliphatic rings. The molecule has 2 rings (SSSR count). The summed E-state index contributed by atoms with van der Waals surface area (Å²) in [6, 6.07) is 7.89. The quantitative estimate of drug-likeness (QED) is 0.831. The zero-order valence-electron chi connectivity index (χ0n) is 12.0. The van der Waals surface area contributed by atoms with E-state index in [9.17, 15) is 4.79 Å². The van der Waals surface area contributed by atoms with Gasteiger partial charge in [0.25, 0.3) is 0 Å². The summed E-state index contributed by atoms with van der Waals surface area (Å²) >= 11 is 0. The molecule has 1 N–H and O–H groups in total. The number of carbonyl (C=O) groups excluding carboxylic acids is 1. The molecule has 0 aromatic heterocycles. The van der Waals surface area contributed by atoms with Crippen molar-refractivity contribution < 1.29 is 9.53 Å². The predicted octanol–water partition coefficient (Wildman–Crippen LogP) is 3.11. The number of nitrogens with one attached hydrogen (secondary N) is 1. The van der Waals surface area contributed by atoms with Crippen LogP contribution in [-0.2, 0) is 4.74 Å². The molecule has 0 aliphatic carbocycles. The summed E-state index contributed by atoms with van der Waals surface area (Å²) in [5.41, 5.74) is 1.52. The molecule has 0 spiro atoms. The minimum Gasteiger partial charge on any atom is -0.456 e. The van der Waals surface area contributed by atoms with Gasteiger partial charge in [-0.2, -0.15) is 0 Å². The van der Waals surface area contributed by atoms with Crippen molar-refractivity contribution in [3.8, 4) is 0 Å². The van der Waals surface area contributed by atoms with Crippen molar-refractivity contribution in [2.24, 2.45) is 0 Å². The van der Waals surface area contributed by atoms with Crippen LogP contribution in [0.2, 0.25) is 0 Å². The Balaban J connectivity index is 2.03. The van der Waals surface area contributed by atoms with E-state index < -0.39 is 5.60 Å². The molecule has 0 bridgehead atoms. The first-order chi connectivity index (χ1) is 8.96. The Hall–Kier alpha value is -1.35. The van der Waals surface area contributed by atoms with E-state index in [0.717, 1.165) is 13.1 Å². The van der Waals surface area contributed by atoms with Gasteiger partial charge in [-0.1, -0.05) is 12.1 Å². The molecule has 1 aliphatic heterocycles. The lowest BCUT2D eigenvalue weighted by Gasteiger charge is -2.23. The van der Waals surface area contributed by atoms with Crippen LogP contribution in [0.4, 0.5) is 0 Å². The number of benzene rings is 1. The van der Waals surface area contributed by atoms with Gasteiger partial charge in [-0.25, -0.2) is 4.79 Å². The normalized spacial score (nSPS) is 17.2. The average Bonchev–Trinajstić information content (AvgIpc) is 2.38. The van der Waals surface area contributed by atoms with Crippen LogP contribution < -0.4 is 5.32 Å². The molecule has 1 heterocycles. The Labute approximate surface area is 115 Å². The van der Waals surface area contributed by atoms with Crippen LogP contribution in [0.25, 0.3) is 0 Å². The van der Waals surface area contributed by atoms with E-state index >= 15 is 0 Å². The first-order valence-electron chi connectivity index (χ1n) is 7.00. The van der Waals surface area contributed by atoms with Gasteiger partial charge in [-0.15, -0.1) is 0 Å². The van der Waals surface area contributed by atoms with Crippen LogP contribution in [0.15, 0.2) is 24.3 Å². The minimum absolute atomic E-state index is 0.246. The molecular formula is C16H23NO2. The fourth-order valence-electron chi connectivity index (χ4n) is 2.38. The van der Waals surface area contributed by atoms with Crippen molar-refractivity contribution in [1.82, 2.24) is 5.32 Å². The van der Waals surface area contributed by atoms with Crippen molar-refractivity contribution in [2.75, 3.05) is 13.1 Å². The maximum atomic E-state index is 11.9. The SMILES string of the molecule is CC(C)(C)OC(=O)c1ccc(C2CCNCC2)cc1. The molecule has 1 aromatic rings. The largest absolute Gasteiger partial charge is 0.456 e. The summed E-state index contributed by atoms with van der Waals surface area (Å²) in [4.78, 5) is 11.9. The minimum atomic E-state index is -0.440. The summed E-state index contributed by atoms with van der Waals surface area (Å²) in [5.74, 6) is 0.373. The summed E-state index contributed by atoms with van der Waals surface area (Å²) in [6.45, 7) is 7.81. The lowest BCUT2D eigenvalue weighted by Crippen LogP contribution is -2.26. The van der Waals surface area contributed by atoms with Gasteiger partial charge in [0.05, 0.1) is 5.56 Å². The molecule has 1 aromatic carbocycles. The highest BCUT2D eigenvalue weighted by molar-refractivity contribution is 5.89. The third-order valence-corrected chi connectivity index (χ3v) is 3.36. The van der Waals surface area contributed by atoms with E-state index in [0.29, 0.717) is 11.5 Å². The van der Waals surface area contributed by atoms with E-state index in [4.69, 9.17) is 4.74 Å². The molecule has 3 heteroatoms. The number of carbonyl (C=O) groups is 1. The molecule has 1 fully saturated rings. The summed E-state index contributed by atoms with van der Waals surface area (Å²) < 4.78 is 5.36. The van der Waals surface area contributed by atoms with Crippen LogP contribution in [0, 0.1) is 0 Å². The van der Waals surface area contributed by atoms with Gasteiger partial charge in [0, 0.05) is 0 Å². The molecule has 0 amide bonds. The van der Waals surface area contributed by atoms with Crippen LogP contribution >= 0.6 is 0 Å². The van der Waals surface area contributed by atoms with Crippen molar-refractivity contribution in [3.05, 3.63) is 35.4 Å². The van der Waals surface area contributed by atoms with Crippen molar-refractivity contribution in [2.45, 2.75) is 45.1 Å². The maximum absolute atomic E-state index is 11.9. The third-order valence-electron chi connectivity index (χ3n) is 3.36. The average molecular weight is 261 g/mol. The smallest absolute Gasteiger partial charge is 0.338 e. The van der Waals surface area contributed by atoms with Crippen LogP contribution in [0.1, 0.15) is 55.5 Å². The van der Waals surface area contributed by atoms with E-state index in [1.165, 1.54) is 18.4 Å². The van der Waals surface area contributed by atoms with Gasteiger partial charge in [0.2, 0.25) is 0 Å². The maximum Gasteiger partial charge on any atom is 0.338 e. The Morgan fingerprint density at radius 2 is 1.74 bits per heavy atom. The predicted molar refractivity (Wildman–Crippen MR) is 76.5 cm³/mol. The number of ether oxygens (including phenoxy) is 1. The Morgan fingerprint density at radius 1 is 1.16 bits per heavy atom. The second-order valence-electron chi connectivity index (χ2n) is 6.15. The van der Waals surface area contributed by atoms with E-state index in [1.807, 2.05) is 32.9 Å². The van der Waals surface area contributed by atoms with Crippen molar-refractivity contribution in [1.29, 1.82) is 0 Å². The van der Waals surface area contributed by atoms with E-state index in [2.05, 4.69) is 17.4 Å². The Bertz CT molecular complexity index is 425. The molecule has 104 valence electrons. The summed E-state index contributed by atoms with van der Waals surface area (Å²) in [6.07, 6.45) is 2.34. The van der Waals surface area contributed by atoms with Gasteiger partial charge >= 0.3 is 5.97 Å². The summed E-state index contributed by atoms with van der Waals surface area (Å²) in [5, 5.41) is 3.37. The van der Waals surface area contributed by atoms with Gasteiger partial charge in [-0.3, -0.25) is 0 Å². The monoisotopic (exact) mass is 261 g/mol. The Kier molecular flexibility index (Phi) is 4.25. The number of esters is 1. The lowest BCUT2D eigenvalue weighted by molar-refractivity contribution is 0.00695. The highest BCUT2D eigenvalue weighted by atomic mass is 16.6. The first kappa shape index (κ1) is 14.1. The highest BCUT2D eigenvalue weighted by Crippen LogP contribution is 2.25. The fraction of sp³-hybridized carbons (Fsp3) is 0.562. The standard InChI is InChI=1S/C16H23NO2/c1-16(2,3)19-15(18)14-6-4-12(5-7-14)13-8-10-17-11-9-13/h4-7,13,17H,8-11H2,1-3H3. The molecule has 0 unspecified atom stereocenters. The van der Waals surface area contributed by atoms with Crippen molar-refractivity contribution in [3.63, 3.8) is 0 Å². The molecule has 19 heavy (non-hydrogen) atoms. The number of rotatable bonds is 2. The molecule has 1 saturated heterocycles. The second kappa shape index (κ2) is 5.74. The zero-order chi connectivity index (χ0) is 13.9. The third kappa shape index (κ3) is 4.06. The van der Waals surface area contributed by atoms with Crippen LogP contribution in [0.5, 0.6) is 0 Å². The zero-order valence-corrected chi connectivity index (χ0v) is 12.0. The topological polar surface area (TPSA) is 38.3 Å². The van der Waals surface area contributed by atoms with Gasteiger partial charge in [0.15, 0.2) is 0 Å². The molecule has 0 atom stereocenters. The summed E-state index contributed by atoms with van der Waals surface area (Å²) in [7, 11) is 0. The molecule has 3 nitrogen and oxygen atoms in total. The van der Waals surface area contributed by atoms with Gasteiger partial charge < -0.3 is 10.1 Å². The van der Waals surface area contributed by atoms with Gasteiger partial charge in [-0.05, 0) is 70.3 Å². The van der Waals surface area contributed by atoms with Crippen LogP contribution in [0.3, 0.4) is 0 Å². The Morgan fingerprint density at radius 3 is 2.26 bits per heavy atom. The van der Waals surface area contributed by atoms with Gasteiger partial charge in [0.1, 0.15) is 5.60 Å². The number of hydrogen-bond acceptors (Lipinski definition) is 3. The number of piperidine rings is 1.